The van der Waals surface area contributed by atoms with Crippen LogP contribution < -0.4 is 0 Å². The smallest absolute Gasteiger partial charge is 0.137 e. The number of rotatable bonds is 4. The lowest BCUT2D eigenvalue weighted by molar-refractivity contribution is 0.266. The van der Waals surface area contributed by atoms with E-state index in [1.807, 2.05) is 12.3 Å². The largest absolute Gasteiger partial charge is 0.461 e. The van der Waals surface area contributed by atoms with Gasteiger partial charge in [-0.25, -0.2) is 4.98 Å². The molecule has 1 fully saturated rings. The molecule has 0 radical (unpaired) electrons. The average molecular weight is 295 g/mol. The summed E-state index contributed by atoms with van der Waals surface area (Å²) in [6.45, 7) is 4.64. The van der Waals surface area contributed by atoms with E-state index in [-0.39, 0.29) is 0 Å². The molecule has 1 aliphatic rings. The first-order chi connectivity index (χ1) is 10.8. The number of hydrogen-bond acceptors (Lipinski definition) is 3. The van der Waals surface area contributed by atoms with Gasteiger partial charge < -0.3 is 14.3 Å². The molecule has 0 bridgehead atoms. The molecule has 0 aliphatic carbocycles. The van der Waals surface area contributed by atoms with Gasteiger partial charge >= 0.3 is 0 Å². The molecule has 0 unspecified atom stereocenters. The number of fused-ring (bicyclic) bond motifs is 1. The Bertz CT molecular complexity index is 760. The minimum atomic E-state index is 0.718. The third-order valence-electron chi connectivity index (χ3n) is 4.67. The Kier molecular flexibility index (Phi) is 3.47. The summed E-state index contributed by atoms with van der Waals surface area (Å²) in [4.78, 5) is 10.0. The van der Waals surface area contributed by atoms with Gasteiger partial charge in [-0.05, 0) is 50.6 Å². The van der Waals surface area contributed by atoms with Crippen molar-refractivity contribution in [3.05, 3.63) is 42.4 Å². The van der Waals surface area contributed by atoms with E-state index in [0.717, 1.165) is 47.1 Å². The van der Waals surface area contributed by atoms with Gasteiger partial charge in [-0.15, -0.1) is 0 Å². The molecule has 114 valence electrons. The van der Waals surface area contributed by atoms with Crippen molar-refractivity contribution in [2.24, 2.45) is 0 Å². The first-order valence-electron chi connectivity index (χ1n) is 8.06. The van der Waals surface area contributed by atoms with E-state index in [9.17, 15) is 0 Å². The highest BCUT2D eigenvalue weighted by Crippen LogP contribution is 2.25. The summed E-state index contributed by atoms with van der Waals surface area (Å²) in [5.74, 6) is 1.97. The molecule has 1 N–H and O–H groups in total. The number of aromatic amines is 1. The maximum Gasteiger partial charge on any atom is 0.137 e. The summed E-state index contributed by atoms with van der Waals surface area (Å²) in [5.41, 5.74) is 2.05. The topological polar surface area (TPSA) is 45.1 Å². The van der Waals surface area contributed by atoms with Crippen LogP contribution in [0.2, 0.25) is 0 Å². The van der Waals surface area contributed by atoms with E-state index >= 15 is 0 Å². The molecule has 1 saturated heterocycles. The molecule has 3 aromatic rings. The fourth-order valence-electron chi connectivity index (χ4n) is 3.37. The van der Waals surface area contributed by atoms with E-state index in [1.165, 1.54) is 19.4 Å². The zero-order valence-corrected chi connectivity index (χ0v) is 12.9. The Morgan fingerprint density at radius 1 is 1.36 bits per heavy atom. The first kappa shape index (κ1) is 13.6. The van der Waals surface area contributed by atoms with Crippen molar-refractivity contribution in [1.82, 2.24) is 14.9 Å². The van der Waals surface area contributed by atoms with Crippen LogP contribution in [0.1, 0.15) is 25.5 Å². The van der Waals surface area contributed by atoms with Crippen LogP contribution in [0.5, 0.6) is 0 Å². The molecular weight excluding hydrogens is 274 g/mol. The Morgan fingerprint density at radius 3 is 3.09 bits per heavy atom. The number of H-pyrrole nitrogens is 1. The average Bonchev–Trinajstić information content (AvgIpc) is 3.25. The minimum Gasteiger partial charge on any atom is -0.461 e. The molecule has 4 heteroatoms. The SMILES string of the molecule is C[C@@H]1CCCN1CCc1cc2cc(-c3ncc[nH]3)ccc2o1. The maximum absolute atomic E-state index is 5.98. The van der Waals surface area contributed by atoms with Gasteiger partial charge in [0.15, 0.2) is 0 Å². The second kappa shape index (κ2) is 5.61. The zero-order valence-electron chi connectivity index (χ0n) is 12.9. The summed E-state index contributed by atoms with van der Waals surface area (Å²) in [5, 5.41) is 1.15. The fraction of sp³-hybridized carbons (Fsp3) is 0.389. The van der Waals surface area contributed by atoms with Gasteiger partial charge in [-0.3, -0.25) is 0 Å². The van der Waals surface area contributed by atoms with E-state index in [0.29, 0.717) is 0 Å². The standard InChI is InChI=1S/C18H21N3O/c1-13-3-2-9-21(13)10-6-16-12-15-11-14(4-5-17(15)22-16)18-19-7-8-20-18/h4-5,7-8,11-13H,2-3,6,9-10H2,1H3,(H,19,20)/t13-/m1/s1. The van der Waals surface area contributed by atoms with Crippen molar-refractivity contribution in [3.8, 4) is 11.4 Å². The molecule has 1 aromatic carbocycles. The second-order valence-electron chi connectivity index (χ2n) is 6.18. The van der Waals surface area contributed by atoms with Crippen molar-refractivity contribution < 1.29 is 4.42 Å². The van der Waals surface area contributed by atoms with Crippen LogP contribution in [0.3, 0.4) is 0 Å². The third kappa shape index (κ3) is 2.55. The third-order valence-corrected chi connectivity index (χ3v) is 4.67. The highest BCUT2D eigenvalue weighted by molar-refractivity contribution is 5.82. The highest BCUT2D eigenvalue weighted by atomic mass is 16.3. The lowest BCUT2D eigenvalue weighted by Crippen LogP contribution is -2.28. The Morgan fingerprint density at radius 2 is 2.32 bits per heavy atom. The predicted octanol–water partition coefficient (Wildman–Crippen LogP) is 3.85. The van der Waals surface area contributed by atoms with E-state index in [4.69, 9.17) is 4.42 Å². The number of nitrogens with zero attached hydrogens (tertiary/aromatic N) is 2. The molecule has 4 nitrogen and oxygen atoms in total. The van der Waals surface area contributed by atoms with Crippen LogP contribution in [-0.2, 0) is 6.42 Å². The number of hydrogen-bond donors (Lipinski definition) is 1. The van der Waals surface area contributed by atoms with Crippen LogP contribution in [-0.4, -0.2) is 34.0 Å². The quantitative estimate of drug-likeness (QED) is 0.795. The normalized spacial score (nSPS) is 19.2. The van der Waals surface area contributed by atoms with E-state index in [1.54, 1.807) is 6.20 Å². The molecule has 0 spiro atoms. The van der Waals surface area contributed by atoms with Crippen molar-refractivity contribution in [1.29, 1.82) is 0 Å². The fourth-order valence-corrected chi connectivity index (χ4v) is 3.37. The van der Waals surface area contributed by atoms with Crippen LogP contribution in [0, 0.1) is 0 Å². The van der Waals surface area contributed by atoms with Crippen LogP contribution in [0.15, 0.2) is 41.1 Å². The van der Waals surface area contributed by atoms with E-state index in [2.05, 4.69) is 40.0 Å². The number of aromatic nitrogens is 2. The lowest BCUT2D eigenvalue weighted by atomic mass is 10.1. The molecule has 1 aliphatic heterocycles. The van der Waals surface area contributed by atoms with Gasteiger partial charge in [0.25, 0.3) is 0 Å². The van der Waals surface area contributed by atoms with Gasteiger partial charge in [0.2, 0.25) is 0 Å². The van der Waals surface area contributed by atoms with Gasteiger partial charge in [0, 0.05) is 42.4 Å². The van der Waals surface area contributed by atoms with Crippen molar-refractivity contribution in [3.63, 3.8) is 0 Å². The maximum atomic E-state index is 5.98. The number of furan rings is 1. The zero-order chi connectivity index (χ0) is 14.9. The number of imidazole rings is 1. The molecule has 2 aromatic heterocycles. The molecule has 0 saturated carbocycles. The van der Waals surface area contributed by atoms with Crippen LogP contribution >= 0.6 is 0 Å². The molecule has 4 rings (SSSR count). The van der Waals surface area contributed by atoms with Gasteiger partial charge in [-0.1, -0.05) is 0 Å². The van der Waals surface area contributed by atoms with Gasteiger partial charge in [0.1, 0.15) is 17.2 Å². The summed E-state index contributed by atoms with van der Waals surface area (Å²) >= 11 is 0. The van der Waals surface area contributed by atoms with Crippen LogP contribution in [0.4, 0.5) is 0 Å². The highest BCUT2D eigenvalue weighted by Gasteiger charge is 2.20. The predicted molar refractivity (Wildman–Crippen MR) is 87.8 cm³/mol. The van der Waals surface area contributed by atoms with Crippen molar-refractivity contribution >= 4 is 11.0 Å². The first-order valence-corrected chi connectivity index (χ1v) is 8.06. The van der Waals surface area contributed by atoms with Gasteiger partial charge in [0.05, 0.1) is 0 Å². The van der Waals surface area contributed by atoms with Crippen molar-refractivity contribution in [2.75, 3.05) is 13.1 Å². The molecule has 0 amide bonds. The number of likely N-dealkylation sites (tertiary alicyclic amines) is 1. The molecule has 22 heavy (non-hydrogen) atoms. The molecule has 1 atom stereocenters. The Labute approximate surface area is 130 Å². The second-order valence-corrected chi connectivity index (χ2v) is 6.18. The Balaban J connectivity index is 1.53. The Hall–Kier alpha value is -2.07. The summed E-state index contributed by atoms with van der Waals surface area (Å²) in [7, 11) is 0. The monoisotopic (exact) mass is 295 g/mol. The number of nitrogens with one attached hydrogen (secondary N) is 1. The molecular formula is C18H21N3O. The van der Waals surface area contributed by atoms with Gasteiger partial charge in [-0.2, -0.15) is 0 Å². The molecule has 3 heterocycles. The summed E-state index contributed by atoms with van der Waals surface area (Å²) < 4.78 is 5.98. The van der Waals surface area contributed by atoms with Crippen molar-refractivity contribution in [2.45, 2.75) is 32.2 Å². The van der Waals surface area contributed by atoms with Crippen LogP contribution in [0.25, 0.3) is 22.4 Å². The summed E-state index contributed by atoms with van der Waals surface area (Å²) in [6, 6.07) is 9.11. The van der Waals surface area contributed by atoms with E-state index < -0.39 is 0 Å². The lowest BCUT2D eigenvalue weighted by Gasteiger charge is -2.19. The minimum absolute atomic E-state index is 0.718. The summed E-state index contributed by atoms with van der Waals surface area (Å²) in [6.07, 6.45) is 7.25. The number of benzene rings is 1.